The van der Waals surface area contributed by atoms with Crippen molar-refractivity contribution in [2.75, 3.05) is 26.2 Å². The lowest BCUT2D eigenvalue weighted by molar-refractivity contribution is -0.137. The van der Waals surface area contributed by atoms with Crippen LogP contribution in [0.5, 0.6) is 0 Å². The first-order valence-corrected chi connectivity index (χ1v) is 20.1. The third-order valence-corrected chi connectivity index (χ3v) is 9.24. The van der Waals surface area contributed by atoms with Gasteiger partial charge in [0.15, 0.2) is 11.9 Å². The molecular weight excluding hydrogens is 777 g/mol. The number of benzene rings is 2. The Bertz CT molecular complexity index is 1600. The van der Waals surface area contributed by atoms with Crippen LogP contribution in [0.2, 0.25) is 0 Å². The Balaban J connectivity index is 1.34. The summed E-state index contributed by atoms with van der Waals surface area (Å²) in [5, 5.41) is 16.4. The predicted octanol–water partition coefficient (Wildman–Crippen LogP) is 0.240. The molecule has 3 rings (SSSR count). The van der Waals surface area contributed by atoms with E-state index >= 15 is 0 Å². The Morgan fingerprint density at radius 1 is 0.583 bits per heavy atom. The Kier molecular flexibility index (Phi) is 21.6. The topological polar surface area (TPSA) is 322 Å². The molecule has 4 atom stereocenters. The maximum absolute atomic E-state index is 13.0. The quantitative estimate of drug-likeness (QED) is 0.0346. The van der Waals surface area contributed by atoms with E-state index in [1.54, 1.807) is 0 Å². The number of carbonyl (C=O) groups is 6. The van der Waals surface area contributed by atoms with Gasteiger partial charge in [-0.1, -0.05) is 60.7 Å². The zero-order chi connectivity index (χ0) is 43.5. The van der Waals surface area contributed by atoms with Crippen LogP contribution < -0.4 is 54.8 Å². The Morgan fingerprint density at radius 2 is 0.967 bits per heavy atom. The highest BCUT2D eigenvalue weighted by atomic mass is 16.6. The van der Waals surface area contributed by atoms with E-state index in [0.717, 1.165) is 11.1 Å². The Hall–Kier alpha value is -6.60. The van der Waals surface area contributed by atoms with Gasteiger partial charge < -0.3 is 64.3 Å². The van der Waals surface area contributed by atoms with Crippen LogP contribution in [0, 0.1) is 0 Å². The predicted molar refractivity (Wildman–Crippen MR) is 225 cm³/mol. The molecule has 0 radical (unpaired) electrons. The Morgan fingerprint density at radius 3 is 1.33 bits per heavy atom. The van der Waals surface area contributed by atoms with Gasteiger partial charge in [0.1, 0.15) is 37.4 Å². The molecule has 0 saturated carbocycles. The van der Waals surface area contributed by atoms with Gasteiger partial charge >= 0.3 is 12.2 Å². The normalized spacial score (nSPS) is 15.5. The van der Waals surface area contributed by atoms with E-state index < -0.39 is 48.2 Å². The molecular formula is C40H60N12O8. The lowest BCUT2D eigenvalue weighted by Crippen LogP contribution is -2.61. The molecule has 0 aliphatic carbocycles. The molecule has 2 aromatic carbocycles. The molecule has 328 valence electrons. The van der Waals surface area contributed by atoms with Crippen molar-refractivity contribution < 1.29 is 38.2 Å². The van der Waals surface area contributed by atoms with Gasteiger partial charge in [-0.15, -0.1) is 0 Å². The molecule has 0 spiro atoms. The second-order valence-electron chi connectivity index (χ2n) is 14.1. The summed E-state index contributed by atoms with van der Waals surface area (Å²) < 4.78 is 10.6. The van der Waals surface area contributed by atoms with Crippen LogP contribution in [0.15, 0.2) is 70.6 Å². The molecule has 1 aliphatic heterocycles. The highest BCUT2D eigenvalue weighted by Crippen LogP contribution is 2.11. The molecule has 1 aliphatic rings. The molecule has 0 bridgehead atoms. The van der Waals surface area contributed by atoms with Gasteiger partial charge in [-0.05, 0) is 75.3 Å². The van der Waals surface area contributed by atoms with E-state index in [9.17, 15) is 28.8 Å². The molecule has 0 aromatic heterocycles. The molecule has 20 heteroatoms. The summed E-state index contributed by atoms with van der Waals surface area (Å²) in [6.45, 7) is 1.20. The van der Waals surface area contributed by atoms with Crippen LogP contribution in [0.1, 0.15) is 75.3 Å². The second-order valence-corrected chi connectivity index (χ2v) is 14.1. The molecule has 0 unspecified atom stereocenters. The smallest absolute Gasteiger partial charge is 0.408 e. The number of rotatable bonds is 26. The first kappa shape index (κ1) is 47.8. The van der Waals surface area contributed by atoms with Crippen molar-refractivity contribution in [1.29, 1.82) is 0 Å². The highest BCUT2D eigenvalue weighted by Gasteiger charge is 2.33. The number of nitrogens with zero attached hydrogens (tertiary/aromatic N) is 2. The van der Waals surface area contributed by atoms with Crippen LogP contribution >= 0.6 is 0 Å². The number of nitrogens with two attached hydrogens (primary N) is 4. The molecule has 1 heterocycles. The highest BCUT2D eigenvalue weighted by molar-refractivity contribution is 5.96. The lowest BCUT2D eigenvalue weighted by atomic mass is 10.0. The van der Waals surface area contributed by atoms with Gasteiger partial charge in [-0.2, -0.15) is 0 Å². The second kappa shape index (κ2) is 27.2. The third-order valence-electron chi connectivity index (χ3n) is 9.24. The standard InChI is InChI=1S/C40H60N12O8/c41-37(42)47-23-11-19-29(51-39(57)59-25-27-13-3-1-4-14-27)33(53)45-21-9-7-17-31-35(55)50-32(36(56)49-31)18-8-10-22-46-34(54)30(20-12-24-48-38(43)44)52-40(58)60-26-28-15-5-2-6-16-28/h1-6,13-16,29-32H,7-12,17-26H2,(H,45,53)(H,46,54)(H,49,56)(H,50,55)(H,51,57)(H,52,58)(H4,41,42,47)(H4,43,44,48)/t29-,30-,31-,32-/m0/s1. The average Bonchev–Trinajstić information content (AvgIpc) is 3.23. The SMILES string of the molecule is NC(N)=NCCC[C@H](NC(=O)OCc1ccccc1)C(=O)NCCCC[C@@H]1NC(=O)[C@H](CCCCNC(=O)[C@H](CCCN=C(N)N)NC(=O)OCc2ccccc2)NC1=O. The van der Waals surface area contributed by atoms with Gasteiger partial charge in [-0.25, -0.2) is 9.59 Å². The molecule has 20 nitrogen and oxygen atoms in total. The minimum Gasteiger partial charge on any atom is -0.445 e. The molecule has 1 fully saturated rings. The van der Waals surface area contributed by atoms with Gasteiger partial charge in [0.25, 0.3) is 0 Å². The van der Waals surface area contributed by atoms with Crippen LogP contribution in [-0.2, 0) is 41.9 Å². The number of hydrogen-bond donors (Lipinski definition) is 10. The van der Waals surface area contributed by atoms with Crippen molar-refractivity contribution >= 4 is 47.7 Å². The lowest BCUT2D eigenvalue weighted by Gasteiger charge is -2.29. The molecule has 60 heavy (non-hydrogen) atoms. The fourth-order valence-corrected chi connectivity index (χ4v) is 6.06. The monoisotopic (exact) mass is 836 g/mol. The van der Waals surface area contributed by atoms with Crippen molar-refractivity contribution in [3.8, 4) is 0 Å². The largest absolute Gasteiger partial charge is 0.445 e. The number of guanidine groups is 2. The number of hydrogen-bond acceptors (Lipinski definition) is 10. The maximum Gasteiger partial charge on any atom is 0.408 e. The summed E-state index contributed by atoms with van der Waals surface area (Å²) in [7, 11) is 0. The fourth-order valence-electron chi connectivity index (χ4n) is 6.06. The van der Waals surface area contributed by atoms with E-state index in [-0.39, 0.29) is 76.0 Å². The molecule has 6 amide bonds. The van der Waals surface area contributed by atoms with Crippen molar-refractivity contribution in [3.05, 3.63) is 71.8 Å². The van der Waals surface area contributed by atoms with Crippen LogP contribution in [-0.4, -0.2) is 98.1 Å². The van der Waals surface area contributed by atoms with Crippen molar-refractivity contribution in [2.24, 2.45) is 32.9 Å². The minimum atomic E-state index is -0.887. The summed E-state index contributed by atoms with van der Waals surface area (Å²) in [4.78, 5) is 84.5. The van der Waals surface area contributed by atoms with Gasteiger partial charge in [0.05, 0.1) is 0 Å². The van der Waals surface area contributed by atoms with E-state index in [1.807, 2.05) is 60.7 Å². The van der Waals surface area contributed by atoms with Crippen LogP contribution in [0.25, 0.3) is 0 Å². The number of alkyl carbamates (subject to hydrolysis) is 2. The van der Waals surface area contributed by atoms with Crippen molar-refractivity contribution in [2.45, 2.75) is 102 Å². The van der Waals surface area contributed by atoms with E-state index in [4.69, 9.17) is 32.4 Å². The molecule has 1 saturated heterocycles. The summed E-state index contributed by atoms with van der Waals surface area (Å²) in [5.74, 6) is -1.56. The summed E-state index contributed by atoms with van der Waals surface area (Å²) >= 11 is 0. The first-order valence-electron chi connectivity index (χ1n) is 20.1. The first-order chi connectivity index (χ1) is 28.9. The minimum absolute atomic E-state index is 0.0442. The van der Waals surface area contributed by atoms with Gasteiger partial charge in [-0.3, -0.25) is 29.2 Å². The summed E-state index contributed by atoms with van der Waals surface area (Å²) in [5.41, 5.74) is 23.1. The summed E-state index contributed by atoms with van der Waals surface area (Å²) in [6.07, 6.45) is 2.72. The van der Waals surface area contributed by atoms with E-state index in [1.165, 1.54) is 0 Å². The number of nitrogens with one attached hydrogen (secondary N) is 6. The van der Waals surface area contributed by atoms with Crippen LogP contribution in [0.4, 0.5) is 9.59 Å². The van der Waals surface area contributed by atoms with Crippen molar-refractivity contribution in [1.82, 2.24) is 31.9 Å². The zero-order valence-corrected chi connectivity index (χ0v) is 33.9. The number of ether oxygens (including phenoxy) is 2. The summed E-state index contributed by atoms with van der Waals surface area (Å²) in [6, 6.07) is 15.1. The number of aliphatic imine (C=N–C) groups is 2. The average molecular weight is 837 g/mol. The fraction of sp³-hybridized carbons (Fsp3) is 0.500. The maximum atomic E-state index is 13.0. The number of amides is 6. The number of piperazine rings is 1. The molecule has 14 N–H and O–H groups in total. The zero-order valence-electron chi connectivity index (χ0n) is 33.9. The van der Waals surface area contributed by atoms with Gasteiger partial charge in [0, 0.05) is 26.2 Å². The van der Waals surface area contributed by atoms with E-state index in [2.05, 4.69) is 41.9 Å². The third kappa shape index (κ3) is 19.7. The van der Waals surface area contributed by atoms with Crippen molar-refractivity contribution in [3.63, 3.8) is 0 Å². The number of carbonyl (C=O) groups excluding carboxylic acids is 6. The Labute approximate surface area is 349 Å². The molecule has 2 aromatic rings. The van der Waals surface area contributed by atoms with Gasteiger partial charge in [0.2, 0.25) is 23.6 Å². The van der Waals surface area contributed by atoms with Crippen LogP contribution in [0.3, 0.4) is 0 Å². The number of unbranched alkanes of at least 4 members (excludes halogenated alkanes) is 2. The van der Waals surface area contributed by atoms with E-state index in [0.29, 0.717) is 51.4 Å².